The van der Waals surface area contributed by atoms with Gasteiger partial charge in [-0.2, -0.15) is 0 Å². The SMILES string of the molecule is Nc1ccccc1NC(=O)/C=C/C[C@H](O)c1cccc(OCCO)c1. The van der Waals surface area contributed by atoms with E-state index in [2.05, 4.69) is 5.32 Å². The Morgan fingerprint density at radius 1 is 1.24 bits per heavy atom. The van der Waals surface area contributed by atoms with Crippen molar-refractivity contribution < 1.29 is 19.7 Å². The zero-order chi connectivity index (χ0) is 18.1. The van der Waals surface area contributed by atoms with Gasteiger partial charge >= 0.3 is 0 Å². The maximum atomic E-state index is 11.9. The van der Waals surface area contributed by atoms with Crippen LogP contribution in [-0.2, 0) is 4.79 Å². The Hall–Kier alpha value is -2.83. The van der Waals surface area contributed by atoms with Crippen molar-refractivity contribution in [2.45, 2.75) is 12.5 Å². The van der Waals surface area contributed by atoms with Crippen LogP contribution >= 0.6 is 0 Å². The van der Waals surface area contributed by atoms with Crippen LogP contribution in [0.3, 0.4) is 0 Å². The smallest absolute Gasteiger partial charge is 0.248 e. The summed E-state index contributed by atoms with van der Waals surface area (Å²) in [4.78, 5) is 11.9. The number of carbonyl (C=O) groups is 1. The van der Waals surface area contributed by atoms with E-state index in [9.17, 15) is 9.90 Å². The van der Waals surface area contributed by atoms with E-state index >= 15 is 0 Å². The summed E-state index contributed by atoms with van der Waals surface area (Å²) in [5.41, 5.74) is 7.48. The standard InChI is InChI=1S/C19H22N2O4/c20-16-7-1-2-8-17(16)21-19(24)10-4-9-18(23)14-5-3-6-15(13-14)25-12-11-22/h1-8,10,13,18,22-23H,9,11-12,20H2,(H,21,24)/b10-4+/t18-/m0/s1. The molecule has 0 aliphatic rings. The molecule has 0 bridgehead atoms. The molecule has 6 heteroatoms. The number of aliphatic hydroxyl groups is 2. The monoisotopic (exact) mass is 342 g/mol. The van der Waals surface area contributed by atoms with Gasteiger partial charge in [-0.05, 0) is 42.3 Å². The molecule has 2 rings (SSSR count). The van der Waals surface area contributed by atoms with Crippen LogP contribution in [0.15, 0.2) is 60.7 Å². The molecule has 25 heavy (non-hydrogen) atoms. The number of carbonyl (C=O) groups excluding carboxylic acids is 1. The average molecular weight is 342 g/mol. The van der Waals surface area contributed by atoms with Crippen LogP contribution in [-0.4, -0.2) is 29.3 Å². The predicted octanol–water partition coefficient (Wildman–Crippen LogP) is 2.26. The highest BCUT2D eigenvalue weighted by molar-refractivity contribution is 6.01. The van der Waals surface area contributed by atoms with Crippen molar-refractivity contribution in [1.29, 1.82) is 0 Å². The van der Waals surface area contributed by atoms with Crippen LogP contribution in [0.4, 0.5) is 11.4 Å². The third kappa shape index (κ3) is 5.95. The molecular formula is C19H22N2O4. The molecule has 5 N–H and O–H groups in total. The number of nitrogens with two attached hydrogens (primary N) is 1. The van der Waals surface area contributed by atoms with Gasteiger partial charge < -0.3 is 26.0 Å². The number of benzene rings is 2. The number of nitrogens with one attached hydrogen (secondary N) is 1. The second kappa shape index (κ2) is 9.46. The minimum Gasteiger partial charge on any atom is -0.491 e. The quantitative estimate of drug-likeness (QED) is 0.435. The Morgan fingerprint density at radius 2 is 2.04 bits per heavy atom. The van der Waals surface area contributed by atoms with Gasteiger partial charge in [0.25, 0.3) is 0 Å². The van der Waals surface area contributed by atoms with E-state index in [-0.39, 0.29) is 25.5 Å². The predicted molar refractivity (Wildman–Crippen MR) is 97.2 cm³/mol. The number of ether oxygens (including phenoxy) is 1. The van der Waals surface area contributed by atoms with Gasteiger partial charge in [-0.25, -0.2) is 0 Å². The molecule has 6 nitrogen and oxygen atoms in total. The van der Waals surface area contributed by atoms with E-state index in [0.717, 1.165) is 0 Å². The van der Waals surface area contributed by atoms with Crippen LogP contribution in [0.25, 0.3) is 0 Å². The van der Waals surface area contributed by atoms with E-state index in [1.54, 1.807) is 54.6 Å². The maximum absolute atomic E-state index is 11.9. The van der Waals surface area contributed by atoms with E-state index < -0.39 is 6.10 Å². The van der Waals surface area contributed by atoms with Crippen molar-refractivity contribution in [3.05, 3.63) is 66.2 Å². The van der Waals surface area contributed by atoms with Gasteiger partial charge in [0.2, 0.25) is 5.91 Å². The molecule has 1 amide bonds. The van der Waals surface area contributed by atoms with E-state index in [0.29, 0.717) is 22.7 Å². The van der Waals surface area contributed by atoms with Crippen molar-refractivity contribution in [2.24, 2.45) is 0 Å². The van der Waals surface area contributed by atoms with Crippen molar-refractivity contribution in [3.8, 4) is 5.75 Å². The Morgan fingerprint density at radius 3 is 2.80 bits per heavy atom. The zero-order valence-electron chi connectivity index (χ0n) is 13.8. The number of amides is 1. The summed E-state index contributed by atoms with van der Waals surface area (Å²) < 4.78 is 5.31. The van der Waals surface area contributed by atoms with Crippen molar-refractivity contribution >= 4 is 17.3 Å². The summed E-state index contributed by atoms with van der Waals surface area (Å²) in [6.07, 6.45) is 2.48. The van der Waals surface area contributed by atoms with Gasteiger partial charge in [-0.15, -0.1) is 0 Å². The van der Waals surface area contributed by atoms with Crippen molar-refractivity contribution in [3.63, 3.8) is 0 Å². The lowest BCUT2D eigenvalue weighted by atomic mass is 10.1. The second-order valence-electron chi connectivity index (χ2n) is 5.37. The lowest BCUT2D eigenvalue weighted by molar-refractivity contribution is -0.111. The summed E-state index contributed by atoms with van der Waals surface area (Å²) in [7, 11) is 0. The molecule has 132 valence electrons. The minimum atomic E-state index is -0.761. The highest BCUT2D eigenvalue weighted by Gasteiger charge is 2.07. The van der Waals surface area contributed by atoms with E-state index in [1.807, 2.05) is 0 Å². The minimum absolute atomic E-state index is 0.0729. The fraction of sp³-hybridized carbons (Fsp3) is 0.211. The van der Waals surface area contributed by atoms with Crippen LogP contribution in [0.1, 0.15) is 18.1 Å². The number of anilines is 2. The van der Waals surface area contributed by atoms with Gasteiger partial charge in [-0.3, -0.25) is 4.79 Å². The average Bonchev–Trinajstić information content (AvgIpc) is 2.62. The molecule has 0 aliphatic carbocycles. The number of aliphatic hydroxyl groups excluding tert-OH is 2. The third-order valence-electron chi connectivity index (χ3n) is 3.45. The number of rotatable bonds is 8. The van der Waals surface area contributed by atoms with Gasteiger partial charge in [0.1, 0.15) is 12.4 Å². The van der Waals surface area contributed by atoms with Crippen LogP contribution in [0, 0.1) is 0 Å². The molecule has 2 aromatic carbocycles. The molecular weight excluding hydrogens is 320 g/mol. The number of hydrogen-bond acceptors (Lipinski definition) is 5. The van der Waals surface area contributed by atoms with Gasteiger partial charge in [0.15, 0.2) is 0 Å². The summed E-state index contributed by atoms with van der Waals surface area (Å²) in [5, 5.41) is 21.7. The first-order valence-electron chi connectivity index (χ1n) is 7.94. The van der Waals surface area contributed by atoms with Gasteiger partial charge in [-0.1, -0.05) is 30.3 Å². The first-order valence-corrected chi connectivity index (χ1v) is 7.94. The molecule has 0 saturated heterocycles. The molecule has 0 aliphatic heterocycles. The number of para-hydroxylation sites is 2. The Kier molecular flexibility index (Phi) is 7.00. The first-order chi connectivity index (χ1) is 12.1. The summed E-state index contributed by atoms with van der Waals surface area (Å²) in [6.45, 7) is 0.124. The van der Waals surface area contributed by atoms with Crippen LogP contribution in [0.5, 0.6) is 5.75 Å². The highest BCUT2D eigenvalue weighted by Crippen LogP contribution is 2.22. The molecule has 0 saturated carbocycles. The Bertz CT molecular complexity index is 731. The Labute approximate surface area is 146 Å². The summed E-state index contributed by atoms with van der Waals surface area (Å²) >= 11 is 0. The molecule has 1 atom stereocenters. The summed E-state index contributed by atoms with van der Waals surface area (Å²) in [6, 6.07) is 14.0. The normalized spacial score (nSPS) is 12.1. The van der Waals surface area contributed by atoms with Crippen LogP contribution in [0.2, 0.25) is 0 Å². The molecule has 2 aromatic rings. The molecule has 0 aromatic heterocycles. The molecule has 0 radical (unpaired) electrons. The lowest BCUT2D eigenvalue weighted by Gasteiger charge is -2.11. The molecule has 0 heterocycles. The highest BCUT2D eigenvalue weighted by atomic mass is 16.5. The molecule has 0 fully saturated rings. The fourth-order valence-corrected chi connectivity index (χ4v) is 2.20. The van der Waals surface area contributed by atoms with Crippen molar-refractivity contribution in [2.75, 3.05) is 24.3 Å². The number of nitrogen functional groups attached to an aromatic ring is 1. The third-order valence-corrected chi connectivity index (χ3v) is 3.45. The maximum Gasteiger partial charge on any atom is 0.248 e. The van der Waals surface area contributed by atoms with Crippen LogP contribution < -0.4 is 15.8 Å². The lowest BCUT2D eigenvalue weighted by Crippen LogP contribution is -2.09. The van der Waals surface area contributed by atoms with E-state index in [1.165, 1.54) is 6.08 Å². The first kappa shape index (κ1) is 18.5. The van der Waals surface area contributed by atoms with E-state index in [4.69, 9.17) is 15.6 Å². The number of hydrogen-bond donors (Lipinski definition) is 4. The van der Waals surface area contributed by atoms with Gasteiger partial charge in [0.05, 0.1) is 24.1 Å². The fourth-order valence-electron chi connectivity index (χ4n) is 2.20. The topological polar surface area (TPSA) is 105 Å². The molecule has 0 unspecified atom stereocenters. The van der Waals surface area contributed by atoms with Crippen molar-refractivity contribution in [1.82, 2.24) is 0 Å². The largest absolute Gasteiger partial charge is 0.491 e. The van der Waals surface area contributed by atoms with Gasteiger partial charge in [0, 0.05) is 0 Å². The Balaban J connectivity index is 1.88. The molecule has 0 spiro atoms. The zero-order valence-corrected chi connectivity index (χ0v) is 13.8. The second-order valence-corrected chi connectivity index (χ2v) is 5.37. The summed E-state index contributed by atoms with van der Waals surface area (Å²) in [5.74, 6) is 0.261.